The van der Waals surface area contributed by atoms with Crippen LogP contribution >= 0.6 is 11.6 Å². The molecule has 0 unspecified atom stereocenters. The molecule has 0 aliphatic heterocycles. The van der Waals surface area contributed by atoms with Gasteiger partial charge in [0.1, 0.15) is 0 Å². The van der Waals surface area contributed by atoms with Crippen LogP contribution in [0.15, 0.2) is 42.7 Å². The van der Waals surface area contributed by atoms with Crippen molar-refractivity contribution in [3.8, 4) is 0 Å². The summed E-state index contributed by atoms with van der Waals surface area (Å²) in [4.78, 5) is 28.3. The second kappa shape index (κ2) is 9.91. The first-order valence-corrected chi connectivity index (χ1v) is 10.5. The van der Waals surface area contributed by atoms with E-state index >= 15 is 0 Å². The summed E-state index contributed by atoms with van der Waals surface area (Å²) < 4.78 is 0. The van der Waals surface area contributed by atoms with Gasteiger partial charge < -0.3 is 21.1 Å². The molecule has 160 valence electrons. The van der Waals surface area contributed by atoms with E-state index in [4.69, 9.17) is 11.6 Å². The normalized spacial score (nSPS) is 21.0. The molecule has 1 fully saturated rings. The quantitative estimate of drug-likeness (QED) is 0.563. The Morgan fingerprint density at radius 1 is 1.23 bits per heavy atom. The number of nitrogens with zero attached hydrogens (tertiary/aromatic N) is 1. The van der Waals surface area contributed by atoms with Gasteiger partial charge in [-0.3, -0.25) is 9.78 Å². The lowest BCUT2D eigenvalue weighted by Gasteiger charge is -2.36. The lowest BCUT2D eigenvalue weighted by molar-refractivity contribution is -0.116. The maximum absolute atomic E-state index is 12.1. The number of anilines is 1. The molecule has 7 nitrogen and oxygen atoms in total. The van der Waals surface area contributed by atoms with Gasteiger partial charge in [-0.25, -0.2) is 4.79 Å². The molecule has 3 amide bonds. The lowest BCUT2D eigenvalue weighted by atomic mass is 9.78. The van der Waals surface area contributed by atoms with Crippen LogP contribution in [-0.4, -0.2) is 34.6 Å². The number of amides is 3. The third-order valence-corrected chi connectivity index (χ3v) is 5.94. The molecule has 30 heavy (non-hydrogen) atoms. The van der Waals surface area contributed by atoms with Crippen LogP contribution < -0.4 is 16.0 Å². The van der Waals surface area contributed by atoms with Gasteiger partial charge in [-0.2, -0.15) is 0 Å². The summed E-state index contributed by atoms with van der Waals surface area (Å²) in [6, 6.07) is 8.70. The van der Waals surface area contributed by atoms with Gasteiger partial charge in [-0.05, 0) is 56.4 Å². The molecular formula is C22H27ClN4O3. The average molecular weight is 431 g/mol. The zero-order chi connectivity index (χ0) is 21.6. The second-order valence-corrected chi connectivity index (χ2v) is 8.07. The smallest absolute Gasteiger partial charge is 0.315 e. The molecule has 1 aromatic heterocycles. The Labute approximate surface area is 181 Å². The van der Waals surface area contributed by atoms with E-state index in [9.17, 15) is 14.7 Å². The van der Waals surface area contributed by atoms with Crippen molar-refractivity contribution in [2.24, 2.45) is 0 Å². The van der Waals surface area contributed by atoms with Gasteiger partial charge in [-0.15, -0.1) is 0 Å². The molecule has 4 N–H and O–H groups in total. The van der Waals surface area contributed by atoms with Crippen molar-refractivity contribution < 1.29 is 14.7 Å². The first-order chi connectivity index (χ1) is 14.4. The van der Waals surface area contributed by atoms with E-state index in [0.717, 1.165) is 11.1 Å². The van der Waals surface area contributed by atoms with Gasteiger partial charge in [0.05, 0.1) is 5.60 Å². The minimum atomic E-state index is -0.889. The number of nitrogens with one attached hydrogen (secondary N) is 3. The van der Waals surface area contributed by atoms with E-state index < -0.39 is 5.60 Å². The van der Waals surface area contributed by atoms with E-state index in [2.05, 4.69) is 20.9 Å². The molecule has 0 atom stereocenters. The number of pyridine rings is 1. The third kappa shape index (κ3) is 5.70. The topological polar surface area (TPSA) is 103 Å². The number of urea groups is 1. The number of rotatable bonds is 6. The van der Waals surface area contributed by atoms with Gasteiger partial charge in [0.25, 0.3) is 0 Å². The maximum Gasteiger partial charge on any atom is 0.315 e. The van der Waals surface area contributed by atoms with Crippen molar-refractivity contribution in [1.82, 2.24) is 15.6 Å². The van der Waals surface area contributed by atoms with E-state index in [-0.39, 0.29) is 30.9 Å². The van der Waals surface area contributed by atoms with Crippen LogP contribution in [0.2, 0.25) is 5.02 Å². The molecule has 1 saturated carbocycles. The second-order valence-electron chi connectivity index (χ2n) is 7.66. The zero-order valence-corrected chi connectivity index (χ0v) is 17.7. The predicted octanol–water partition coefficient (Wildman–Crippen LogP) is 3.50. The van der Waals surface area contributed by atoms with Gasteiger partial charge in [-0.1, -0.05) is 23.7 Å². The van der Waals surface area contributed by atoms with Crippen molar-refractivity contribution in [1.29, 1.82) is 0 Å². The highest BCUT2D eigenvalue weighted by Gasteiger charge is 2.35. The van der Waals surface area contributed by atoms with E-state index in [0.29, 0.717) is 36.4 Å². The zero-order valence-electron chi connectivity index (χ0n) is 17.0. The number of aliphatic hydroxyl groups is 1. The van der Waals surface area contributed by atoms with E-state index in [1.54, 1.807) is 30.6 Å². The highest BCUT2D eigenvalue weighted by Crippen LogP contribution is 2.36. The Balaban J connectivity index is 1.37. The van der Waals surface area contributed by atoms with Gasteiger partial charge in [0, 0.05) is 47.7 Å². The van der Waals surface area contributed by atoms with Crippen LogP contribution in [0.3, 0.4) is 0 Å². The first-order valence-electron chi connectivity index (χ1n) is 10.1. The number of hydrogen-bond acceptors (Lipinski definition) is 4. The molecule has 8 heteroatoms. The van der Waals surface area contributed by atoms with Gasteiger partial charge >= 0.3 is 6.03 Å². The molecule has 1 aliphatic carbocycles. The van der Waals surface area contributed by atoms with Crippen molar-refractivity contribution >= 4 is 29.2 Å². The summed E-state index contributed by atoms with van der Waals surface area (Å²) in [7, 11) is 0. The molecule has 1 aromatic carbocycles. The average Bonchev–Trinajstić information content (AvgIpc) is 2.74. The highest BCUT2D eigenvalue weighted by atomic mass is 35.5. The van der Waals surface area contributed by atoms with E-state index in [1.165, 1.54) is 0 Å². The number of carbonyl (C=O) groups is 2. The maximum atomic E-state index is 12.1. The van der Waals surface area contributed by atoms with Gasteiger partial charge in [0.2, 0.25) is 5.91 Å². The van der Waals surface area contributed by atoms with Crippen molar-refractivity contribution in [3.63, 3.8) is 0 Å². The largest absolute Gasteiger partial charge is 0.385 e. The SMILES string of the molecule is Cc1c(Cl)cccc1NC(=O)CCNC(=O)NC1CCC(O)(c2cccnc2)CC1. The Bertz CT molecular complexity index is 883. The van der Waals surface area contributed by atoms with Gasteiger partial charge in [0.15, 0.2) is 0 Å². The minimum absolute atomic E-state index is 0.00937. The predicted molar refractivity (Wildman–Crippen MR) is 116 cm³/mol. The van der Waals surface area contributed by atoms with Crippen LogP contribution in [0, 0.1) is 6.92 Å². The Kier molecular flexibility index (Phi) is 7.29. The van der Waals surface area contributed by atoms with Crippen LogP contribution in [0.4, 0.5) is 10.5 Å². The number of benzene rings is 1. The Morgan fingerprint density at radius 3 is 2.70 bits per heavy atom. The number of aromatic nitrogens is 1. The van der Waals surface area contributed by atoms with Crippen molar-refractivity contribution in [2.75, 3.05) is 11.9 Å². The summed E-state index contributed by atoms with van der Waals surface area (Å²) in [5, 5.41) is 19.9. The molecule has 0 radical (unpaired) electrons. The minimum Gasteiger partial charge on any atom is -0.385 e. The summed E-state index contributed by atoms with van der Waals surface area (Å²) in [6.07, 6.45) is 6.00. The number of carbonyl (C=O) groups excluding carboxylic acids is 2. The summed E-state index contributed by atoms with van der Waals surface area (Å²) in [5.74, 6) is -0.195. The summed E-state index contributed by atoms with van der Waals surface area (Å²) in [5.41, 5.74) is 1.40. The van der Waals surface area contributed by atoms with Crippen molar-refractivity contribution in [3.05, 3.63) is 58.9 Å². The summed E-state index contributed by atoms with van der Waals surface area (Å²) >= 11 is 6.05. The summed E-state index contributed by atoms with van der Waals surface area (Å²) in [6.45, 7) is 2.06. The molecule has 3 rings (SSSR count). The standard InChI is InChI=1S/C22H27ClN4O3/c1-15-18(23)5-2-6-19(15)27-20(28)9-13-25-21(29)26-17-7-10-22(30,11-8-17)16-4-3-12-24-14-16/h2-6,12,14,17,30H,7-11,13H2,1H3,(H,27,28)(H2,25,26,29). The molecule has 1 aliphatic rings. The lowest BCUT2D eigenvalue weighted by Crippen LogP contribution is -2.46. The number of hydrogen-bond donors (Lipinski definition) is 4. The Morgan fingerprint density at radius 2 is 2.00 bits per heavy atom. The first kappa shape index (κ1) is 22.1. The highest BCUT2D eigenvalue weighted by molar-refractivity contribution is 6.31. The fourth-order valence-corrected chi connectivity index (χ4v) is 3.82. The molecule has 0 spiro atoms. The third-order valence-electron chi connectivity index (χ3n) is 5.53. The molecule has 0 bridgehead atoms. The fraction of sp³-hybridized carbons (Fsp3) is 0.409. The molecule has 2 aromatic rings. The number of halogens is 1. The van der Waals surface area contributed by atoms with Crippen molar-refractivity contribution in [2.45, 2.75) is 50.7 Å². The van der Waals surface area contributed by atoms with Crippen LogP contribution in [0.5, 0.6) is 0 Å². The van der Waals surface area contributed by atoms with Crippen LogP contribution in [0.1, 0.15) is 43.2 Å². The Hall–Kier alpha value is -2.64. The molecule has 0 saturated heterocycles. The van der Waals surface area contributed by atoms with Crippen LogP contribution in [-0.2, 0) is 10.4 Å². The monoisotopic (exact) mass is 430 g/mol. The van der Waals surface area contributed by atoms with Crippen LogP contribution in [0.25, 0.3) is 0 Å². The fourth-order valence-electron chi connectivity index (χ4n) is 3.65. The molecular weight excluding hydrogens is 404 g/mol. The molecule has 1 heterocycles. The van der Waals surface area contributed by atoms with E-state index in [1.807, 2.05) is 19.1 Å².